The molecule has 3 heteroatoms. The molecule has 22 heavy (non-hydrogen) atoms. The molecule has 0 aliphatic carbocycles. The Labute approximate surface area is 132 Å². The Morgan fingerprint density at radius 2 is 1.50 bits per heavy atom. The van der Waals surface area contributed by atoms with Gasteiger partial charge in [-0.15, -0.1) is 0 Å². The summed E-state index contributed by atoms with van der Waals surface area (Å²) in [4.78, 5) is 14.2. The third kappa shape index (κ3) is 3.48. The van der Waals surface area contributed by atoms with E-state index in [1.807, 2.05) is 48.5 Å². The van der Waals surface area contributed by atoms with Gasteiger partial charge in [-0.1, -0.05) is 32.9 Å². The van der Waals surface area contributed by atoms with Crippen LogP contribution >= 0.6 is 0 Å². The first-order valence-electron chi connectivity index (χ1n) is 7.35. The first kappa shape index (κ1) is 16.1. The quantitative estimate of drug-likeness (QED) is 0.846. The summed E-state index contributed by atoms with van der Waals surface area (Å²) >= 11 is 0. The summed E-state index contributed by atoms with van der Waals surface area (Å²) in [6.45, 7) is 6.48. The minimum atomic E-state index is -0.0226. The third-order valence-corrected chi connectivity index (χ3v) is 3.76. The van der Waals surface area contributed by atoms with Gasteiger partial charge >= 0.3 is 0 Å². The molecule has 0 aliphatic heterocycles. The third-order valence-electron chi connectivity index (χ3n) is 3.76. The van der Waals surface area contributed by atoms with Crippen molar-refractivity contribution in [1.82, 2.24) is 0 Å². The monoisotopic (exact) mass is 297 g/mol. The number of amides is 1. The van der Waals surface area contributed by atoms with Crippen LogP contribution in [0.3, 0.4) is 0 Å². The first-order valence-corrected chi connectivity index (χ1v) is 7.35. The summed E-state index contributed by atoms with van der Waals surface area (Å²) in [5, 5.41) is 0. The van der Waals surface area contributed by atoms with E-state index in [9.17, 15) is 4.79 Å². The lowest BCUT2D eigenvalue weighted by molar-refractivity contribution is 0.0993. The zero-order valence-electron chi connectivity index (χ0n) is 13.9. The van der Waals surface area contributed by atoms with Gasteiger partial charge in [0.2, 0.25) is 0 Å². The highest BCUT2D eigenvalue weighted by Crippen LogP contribution is 2.24. The van der Waals surface area contributed by atoms with E-state index in [2.05, 4.69) is 20.8 Å². The molecule has 0 saturated carbocycles. The van der Waals surface area contributed by atoms with Gasteiger partial charge < -0.3 is 9.64 Å². The normalized spacial score (nSPS) is 11.1. The van der Waals surface area contributed by atoms with E-state index in [4.69, 9.17) is 4.74 Å². The van der Waals surface area contributed by atoms with Crippen LogP contribution in [0.5, 0.6) is 5.75 Å². The predicted octanol–water partition coefficient (Wildman–Crippen LogP) is 4.27. The summed E-state index contributed by atoms with van der Waals surface area (Å²) < 4.78 is 5.14. The molecule has 0 saturated heterocycles. The van der Waals surface area contributed by atoms with Gasteiger partial charge in [-0.25, -0.2) is 0 Å². The minimum Gasteiger partial charge on any atom is -0.497 e. The second-order valence-corrected chi connectivity index (χ2v) is 6.39. The van der Waals surface area contributed by atoms with Gasteiger partial charge in [0.25, 0.3) is 5.91 Å². The van der Waals surface area contributed by atoms with Gasteiger partial charge in [-0.3, -0.25) is 4.79 Å². The van der Waals surface area contributed by atoms with E-state index in [-0.39, 0.29) is 11.3 Å². The van der Waals surface area contributed by atoms with Crippen LogP contribution in [-0.2, 0) is 5.41 Å². The zero-order valence-corrected chi connectivity index (χ0v) is 13.9. The number of carbonyl (C=O) groups excluding carboxylic acids is 1. The molecule has 0 heterocycles. The lowest BCUT2D eigenvalue weighted by Crippen LogP contribution is -2.26. The number of rotatable bonds is 3. The van der Waals surface area contributed by atoms with E-state index < -0.39 is 0 Å². The molecule has 2 aromatic carbocycles. The lowest BCUT2D eigenvalue weighted by Gasteiger charge is -2.21. The van der Waals surface area contributed by atoms with Crippen molar-refractivity contribution in [3.8, 4) is 5.75 Å². The topological polar surface area (TPSA) is 29.5 Å². The average Bonchev–Trinajstić information content (AvgIpc) is 2.53. The number of carbonyl (C=O) groups is 1. The Hall–Kier alpha value is -2.29. The molecule has 3 nitrogen and oxygen atoms in total. The summed E-state index contributed by atoms with van der Waals surface area (Å²) in [5.74, 6) is 0.754. The number of ether oxygens (including phenoxy) is 1. The molecule has 0 atom stereocenters. The second-order valence-electron chi connectivity index (χ2n) is 6.39. The van der Waals surface area contributed by atoms with Crippen LogP contribution in [0.1, 0.15) is 36.7 Å². The smallest absolute Gasteiger partial charge is 0.258 e. The second kappa shape index (κ2) is 6.22. The van der Waals surface area contributed by atoms with Gasteiger partial charge in [0.1, 0.15) is 5.75 Å². The van der Waals surface area contributed by atoms with Crippen LogP contribution in [0.2, 0.25) is 0 Å². The standard InChI is InChI=1S/C19H23NO2/c1-19(2,3)15-8-6-14(7-9-15)18(21)20(4)16-10-12-17(22-5)13-11-16/h6-13H,1-5H3. The minimum absolute atomic E-state index is 0.0226. The fourth-order valence-corrected chi connectivity index (χ4v) is 2.23. The van der Waals surface area contributed by atoms with Crippen molar-refractivity contribution >= 4 is 11.6 Å². The predicted molar refractivity (Wildman–Crippen MR) is 90.9 cm³/mol. The van der Waals surface area contributed by atoms with Crippen molar-refractivity contribution in [1.29, 1.82) is 0 Å². The maximum Gasteiger partial charge on any atom is 0.258 e. The van der Waals surface area contributed by atoms with E-state index >= 15 is 0 Å². The SMILES string of the molecule is COc1ccc(N(C)C(=O)c2ccc(C(C)(C)C)cc2)cc1. The number of hydrogen-bond donors (Lipinski definition) is 0. The van der Waals surface area contributed by atoms with Crippen molar-refractivity contribution < 1.29 is 9.53 Å². The summed E-state index contributed by atoms with van der Waals surface area (Å²) in [6, 6.07) is 15.3. The van der Waals surface area contributed by atoms with Gasteiger partial charge in [0.15, 0.2) is 0 Å². The van der Waals surface area contributed by atoms with E-state index in [0.717, 1.165) is 11.4 Å². The highest BCUT2D eigenvalue weighted by Gasteiger charge is 2.16. The molecular formula is C19H23NO2. The van der Waals surface area contributed by atoms with E-state index in [0.29, 0.717) is 5.56 Å². The lowest BCUT2D eigenvalue weighted by atomic mass is 9.86. The number of hydrogen-bond acceptors (Lipinski definition) is 2. The summed E-state index contributed by atoms with van der Waals surface area (Å²) in [7, 11) is 3.41. The first-order chi connectivity index (χ1) is 10.3. The molecule has 2 aromatic rings. The zero-order chi connectivity index (χ0) is 16.3. The molecule has 0 fully saturated rings. The fourth-order valence-electron chi connectivity index (χ4n) is 2.23. The number of methoxy groups -OCH3 is 1. The molecule has 0 N–H and O–H groups in total. The molecule has 2 rings (SSSR count). The Bertz CT molecular complexity index is 637. The van der Waals surface area contributed by atoms with Crippen LogP contribution in [0.4, 0.5) is 5.69 Å². The summed E-state index contributed by atoms with van der Waals surface area (Å²) in [5.41, 5.74) is 2.83. The Balaban J connectivity index is 2.19. The fraction of sp³-hybridized carbons (Fsp3) is 0.316. The van der Waals surface area contributed by atoms with Crippen molar-refractivity contribution in [2.75, 3.05) is 19.1 Å². The highest BCUT2D eigenvalue weighted by atomic mass is 16.5. The van der Waals surface area contributed by atoms with Gasteiger partial charge in [-0.2, -0.15) is 0 Å². The molecule has 1 amide bonds. The maximum absolute atomic E-state index is 12.6. The Morgan fingerprint density at radius 1 is 0.955 bits per heavy atom. The Morgan fingerprint density at radius 3 is 1.95 bits per heavy atom. The molecule has 0 aromatic heterocycles. The average molecular weight is 297 g/mol. The van der Waals surface area contributed by atoms with Crippen LogP contribution < -0.4 is 9.64 Å². The van der Waals surface area contributed by atoms with Gasteiger partial charge in [0.05, 0.1) is 7.11 Å². The highest BCUT2D eigenvalue weighted by molar-refractivity contribution is 6.05. The molecule has 0 unspecified atom stereocenters. The van der Waals surface area contributed by atoms with Crippen molar-refractivity contribution in [2.45, 2.75) is 26.2 Å². The van der Waals surface area contributed by atoms with Crippen LogP contribution in [0.25, 0.3) is 0 Å². The van der Waals surface area contributed by atoms with Gasteiger partial charge in [-0.05, 0) is 47.4 Å². The number of anilines is 1. The molecule has 0 radical (unpaired) electrons. The van der Waals surface area contributed by atoms with Crippen LogP contribution in [0.15, 0.2) is 48.5 Å². The van der Waals surface area contributed by atoms with Crippen molar-refractivity contribution in [2.24, 2.45) is 0 Å². The molecule has 0 bridgehead atoms. The Kier molecular flexibility index (Phi) is 4.55. The molecular weight excluding hydrogens is 274 g/mol. The van der Waals surface area contributed by atoms with Crippen molar-refractivity contribution in [3.63, 3.8) is 0 Å². The van der Waals surface area contributed by atoms with Gasteiger partial charge in [0, 0.05) is 18.3 Å². The van der Waals surface area contributed by atoms with E-state index in [1.54, 1.807) is 19.1 Å². The van der Waals surface area contributed by atoms with E-state index in [1.165, 1.54) is 5.56 Å². The van der Waals surface area contributed by atoms with Crippen LogP contribution in [0, 0.1) is 0 Å². The molecule has 0 spiro atoms. The largest absolute Gasteiger partial charge is 0.497 e. The number of nitrogens with zero attached hydrogens (tertiary/aromatic N) is 1. The van der Waals surface area contributed by atoms with Crippen molar-refractivity contribution in [3.05, 3.63) is 59.7 Å². The molecule has 0 aliphatic rings. The molecule has 116 valence electrons. The maximum atomic E-state index is 12.6. The number of benzene rings is 2. The summed E-state index contributed by atoms with van der Waals surface area (Å²) in [6.07, 6.45) is 0. The van der Waals surface area contributed by atoms with Crippen LogP contribution in [-0.4, -0.2) is 20.1 Å².